The summed E-state index contributed by atoms with van der Waals surface area (Å²) in [4.78, 5) is 0. The Kier molecular flexibility index (Phi) is 9.87. The van der Waals surface area contributed by atoms with Crippen LogP contribution in [-0.2, 0) is 19.3 Å². The number of hydrogen-bond acceptors (Lipinski definition) is 0. The zero-order valence-electron chi connectivity index (χ0n) is 19.5. The summed E-state index contributed by atoms with van der Waals surface area (Å²) in [7, 11) is 0. The first-order valence-electron chi connectivity index (χ1n) is 11.7. The highest BCUT2D eigenvalue weighted by Gasteiger charge is 2.09. The number of benzene rings is 2. The summed E-state index contributed by atoms with van der Waals surface area (Å²) >= 11 is 0. The molecule has 0 atom stereocenters. The minimum absolute atomic E-state index is 0.855. The van der Waals surface area contributed by atoms with Crippen molar-refractivity contribution in [3.8, 4) is 0 Å². The van der Waals surface area contributed by atoms with E-state index in [1.54, 1.807) is 0 Å². The van der Waals surface area contributed by atoms with E-state index in [0.717, 1.165) is 36.8 Å². The molecule has 0 unspecified atom stereocenters. The molecule has 0 heteroatoms. The van der Waals surface area contributed by atoms with Gasteiger partial charge in [-0.2, -0.15) is 0 Å². The summed E-state index contributed by atoms with van der Waals surface area (Å²) < 4.78 is 0. The molecule has 0 saturated heterocycles. The number of aryl methyl sites for hydroxylation is 1. The maximum Gasteiger partial charge on any atom is -0.00197 e. The Morgan fingerprint density at radius 2 is 1.47 bits per heavy atom. The Labute approximate surface area is 185 Å². The summed E-state index contributed by atoms with van der Waals surface area (Å²) in [6.45, 7) is 19.4. The largest absolute Gasteiger partial charge is 0.0995 e. The molecule has 2 aromatic rings. The van der Waals surface area contributed by atoms with Crippen LogP contribution in [-0.4, -0.2) is 0 Å². The first-order valence-corrected chi connectivity index (χ1v) is 11.7. The van der Waals surface area contributed by atoms with E-state index in [1.807, 2.05) is 0 Å². The van der Waals surface area contributed by atoms with Gasteiger partial charge in [-0.25, -0.2) is 0 Å². The molecule has 30 heavy (non-hydrogen) atoms. The van der Waals surface area contributed by atoms with Crippen LogP contribution in [0.1, 0.15) is 87.1 Å². The summed E-state index contributed by atoms with van der Waals surface area (Å²) in [6.07, 6.45) is 10.5. The molecule has 0 radical (unpaired) electrons. The van der Waals surface area contributed by atoms with Crippen LogP contribution in [0.25, 0.3) is 11.1 Å². The highest BCUT2D eigenvalue weighted by atomic mass is 14.1. The van der Waals surface area contributed by atoms with Crippen molar-refractivity contribution >= 4 is 11.1 Å². The van der Waals surface area contributed by atoms with Gasteiger partial charge < -0.3 is 0 Å². The molecule has 0 amide bonds. The van der Waals surface area contributed by atoms with Crippen molar-refractivity contribution in [2.24, 2.45) is 0 Å². The fourth-order valence-corrected chi connectivity index (χ4v) is 4.01. The monoisotopic (exact) mass is 400 g/mol. The van der Waals surface area contributed by atoms with E-state index >= 15 is 0 Å². The molecule has 0 N–H and O–H groups in total. The van der Waals surface area contributed by atoms with E-state index in [2.05, 4.69) is 83.0 Å². The predicted octanol–water partition coefficient (Wildman–Crippen LogP) is 9.00. The third-order valence-corrected chi connectivity index (χ3v) is 5.78. The van der Waals surface area contributed by atoms with Gasteiger partial charge in [-0.15, -0.1) is 0 Å². The quantitative estimate of drug-likeness (QED) is 0.232. The van der Waals surface area contributed by atoms with Gasteiger partial charge in [0.05, 0.1) is 0 Å². The Morgan fingerprint density at radius 1 is 0.767 bits per heavy atom. The highest BCUT2D eigenvalue weighted by molar-refractivity contribution is 5.71. The zero-order chi connectivity index (χ0) is 21.9. The van der Waals surface area contributed by atoms with Crippen LogP contribution in [0.3, 0.4) is 0 Å². The average Bonchev–Trinajstić information content (AvgIpc) is 2.72. The topological polar surface area (TPSA) is 0 Å². The third-order valence-electron chi connectivity index (χ3n) is 5.78. The fourth-order valence-electron chi connectivity index (χ4n) is 4.01. The van der Waals surface area contributed by atoms with Crippen LogP contribution in [0.2, 0.25) is 0 Å². The van der Waals surface area contributed by atoms with Crippen molar-refractivity contribution in [3.63, 3.8) is 0 Å². The first kappa shape index (κ1) is 23.9. The van der Waals surface area contributed by atoms with E-state index in [-0.39, 0.29) is 0 Å². The van der Waals surface area contributed by atoms with Crippen molar-refractivity contribution in [2.45, 2.75) is 78.6 Å². The lowest BCUT2D eigenvalue weighted by molar-refractivity contribution is 0.667. The van der Waals surface area contributed by atoms with Crippen molar-refractivity contribution in [1.29, 1.82) is 0 Å². The van der Waals surface area contributed by atoms with Gasteiger partial charge in [0.1, 0.15) is 0 Å². The molecule has 0 bridgehead atoms. The van der Waals surface area contributed by atoms with Gasteiger partial charge in [0.2, 0.25) is 0 Å². The second kappa shape index (κ2) is 12.4. The normalized spacial score (nSPS) is 10.8. The van der Waals surface area contributed by atoms with Gasteiger partial charge in [0.25, 0.3) is 0 Å². The van der Waals surface area contributed by atoms with Crippen LogP contribution in [0.15, 0.2) is 67.8 Å². The number of allylic oxidation sites excluding steroid dienone is 3. The smallest absolute Gasteiger partial charge is 0.00197 e. The van der Waals surface area contributed by atoms with Gasteiger partial charge >= 0.3 is 0 Å². The van der Waals surface area contributed by atoms with Crippen LogP contribution < -0.4 is 0 Å². The minimum Gasteiger partial charge on any atom is -0.0995 e. The molecule has 0 aliphatic heterocycles. The van der Waals surface area contributed by atoms with E-state index in [0.29, 0.717) is 0 Å². The lowest BCUT2D eigenvalue weighted by atomic mass is 9.90. The van der Waals surface area contributed by atoms with Crippen molar-refractivity contribution in [2.75, 3.05) is 0 Å². The van der Waals surface area contributed by atoms with Crippen LogP contribution in [0.4, 0.5) is 0 Å². The van der Waals surface area contributed by atoms with E-state index in [1.165, 1.54) is 65.5 Å². The zero-order valence-corrected chi connectivity index (χ0v) is 19.5. The summed E-state index contributed by atoms with van der Waals surface area (Å²) in [6, 6.07) is 15.8. The van der Waals surface area contributed by atoms with E-state index in [4.69, 9.17) is 0 Å². The molecule has 2 aromatic carbocycles. The van der Waals surface area contributed by atoms with Crippen LogP contribution in [0, 0.1) is 0 Å². The van der Waals surface area contributed by atoms with Gasteiger partial charge in [0.15, 0.2) is 0 Å². The second-order valence-electron chi connectivity index (χ2n) is 8.74. The second-order valence-corrected chi connectivity index (χ2v) is 8.74. The molecule has 160 valence electrons. The molecule has 2 rings (SSSR count). The molecule has 0 aliphatic carbocycles. The standard InChI is InChI=1S/C30H40/c1-7-9-10-11-13-26-14-17-28(18-15-26)25(6)21-29-19-16-27(20-24(5)12-8-2)22-30(29)23(3)4/h14-19,22H,3,5-13,20-21H2,1-2,4H3. The Morgan fingerprint density at radius 3 is 2.10 bits per heavy atom. The lowest BCUT2D eigenvalue weighted by Crippen LogP contribution is -1.98. The summed E-state index contributed by atoms with van der Waals surface area (Å²) in [5.41, 5.74) is 10.1. The minimum atomic E-state index is 0.855. The van der Waals surface area contributed by atoms with Crippen LogP contribution in [0.5, 0.6) is 0 Å². The molecule has 0 heterocycles. The van der Waals surface area contributed by atoms with Crippen molar-refractivity contribution in [3.05, 3.63) is 95.6 Å². The SMILES string of the molecule is C=C(CCC)Cc1ccc(CC(=C)c2ccc(CCCCCC)cc2)c(C(=C)C)c1. The molecule has 0 aliphatic rings. The Bertz CT molecular complexity index is 848. The van der Waals surface area contributed by atoms with Crippen molar-refractivity contribution < 1.29 is 0 Å². The number of unbranched alkanes of at least 4 members (excludes halogenated alkanes) is 3. The Balaban J connectivity index is 2.06. The predicted molar refractivity (Wildman–Crippen MR) is 136 cm³/mol. The summed E-state index contributed by atoms with van der Waals surface area (Å²) in [5, 5.41) is 0. The molecule has 0 aromatic heterocycles. The lowest BCUT2D eigenvalue weighted by Gasteiger charge is -2.15. The average molecular weight is 401 g/mol. The Hall–Kier alpha value is -2.34. The highest BCUT2D eigenvalue weighted by Crippen LogP contribution is 2.26. The van der Waals surface area contributed by atoms with Gasteiger partial charge in [-0.05, 0) is 72.4 Å². The summed E-state index contributed by atoms with van der Waals surface area (Å²) in [5.74, 6) is 0. The first-order chi connectivity index (χ1) is 14.4. The molecular weight excluding hydrogens is 360 g/mol. The van der Waals surface area contributed by atoms with Gasteiger partial charge in [-0.1, -0.05) is 113 Å². The molecule has 0 fully saturated rings. The number of hydrogen-bond donors (Lipinski definition) is 0. The molecule has 0 saturated carbocycles. The maximum atomic E-state index is 4.39. The van der Waals surface area contributed by atoms with E-state index in [9.17, 15) is 0 Å². The third kappa shape index (κ3) is 7.48. The van der Waals surface area contributed by atoms with Crippen molar-refractivity contribution in [1.82, 2.24) is 0 Å². The molecule has 0 nitrogen and oxygen atoms in total. The number of rotatable bonds is 13. The van der Waals surface area contributed by atoms with Gasteiger partial charge in [-0.3, -0.25) is 0 Å². The van der Waals surface area contributed by atoms with Crippen LogP contribution >= 0.6 is 0 Å². The molecule has 0 spiro atoms. The molecular formula is C30H40. The van der Waals surface area contributed by atoms with E-state index < -0.39 is 0 Å². The maximum absolute atomic E-state index is 4.39. The fraction of sp³-hybridized carbons (Fsp3) is 0.400. The van der Waals surface area contributed by atoms with Gasteiger partial charge in [0, 0.05) is 0 Å².